The molecule has 0 spiro atoms. The van der Waals surface area contributed by atoms with Crippen LogP contribution in [0.2, 0.25) is 0 Å². The van der Waals surface area contributed by atoms with Crippen molar-refractivity contribution in [3.63, 3.8) is 0 Å². The fourth-order valence-corrected chi connectivity index (χ4v) is 3.49. The van der Waals surface area contributed by atoms with Gasteiger partial charge in [0.05, 0.1) is 13.3 Å². The van der Waals surface area contributed by atoms with Crippen LogP contribution in [-0.4, -0.2) is 16.5 Å². The van der Waals surface area contributed by atoms with Crippen molar-refractivity contribution >= 4 is 17.4 Å². The van der Waals surface area contributed by atoms with Crippen molar-refractivity contribution in [1.29, 1.82) is 0 Å². The topological polar surface area (TPSA) is 70.1 Å². The molecule has 1 N–H and O–H groups in total. The molecule has 0 saturated carbocycles. The summed E-state index contributed by atoms with van der Waals surface area (Å²) in [7, 11) is 1.48. The predicted molar refractivity (Wildman–Crippen MR) is 76.3 cm³/mol. The van der Waals surface area contributed by atoms with Crippen molar-refractivity contribution in [2.45, 2.75) is 10.4 Å². The van der Waals surface area contributed by atoms with Gasteiger partial charge < -0.3 is 4.74 Å². The number of methoxy groups -OCH3 is 1. The summed E-state index contributed by atoms with van der Waals surface area (Å²) in [5.41, 5.74) is 0.625. The molecule has 4 rings (SSSR count). The highest BCUT2D eigenvalue weighted by atomic mass is 32.2. The smallest absolute Gasteiger partial charge is 0.497 e. The minimum atomic E-state index is -0.459. The first kappa shape index (κ1) is 13.2. The van der Waals surface area contributed by atoms with Gasteiger partial charge in [-0.2, -0.15) is 9.78 Å². The van der Waals surface area contributed by atoms with Gasteiger partial charge in [0.15, 0.2) is 10.4 Å². The number of hydrogen-bond acceptors (Lipinski definition) is 5. The summed E-state index contributed by atoms with van der Waals surface area (Å²) in [6, 6.07) is 4.65. The maximum absolute atomic E-state index is 14.2. The van der Waals surface area contributed by atoms with Gasteiger partial charge in [-0.1, -0.05) is 0 Å². The normalized spacial score (nSPS) is 16.5. The lowest BCUT2D eigenvalue weighted by atomic mass is 10.2. The van der Waals surface area contributed by atoms with Crippen molar-refractivity contribution < 1.29 is 14.1 Å². The maximum atomic E-state index is 14.2. The van der Waals surface area contributed by atoms with E-state index in [1.54, 1.807) is 18.3 Å². The molecule has 0 aliphatic carbocycles. The van der Waals surface area contributed by atoms with Gasteiger partial charge in [-0.15, -0.1) is 4.40 Å². The van der Waals surface area contributed by atoms with Gasteiger partial charge in [0, 0.05) is 11.6 Å². The second-order valence-corrected chi connectivity index (χ2v) is 5.81. The fourth-order valence-electron chi connectivity index (χ4n) is 2.39. The number of hydrogen-bond donors (Lipinski definition) is 0. The number of aromatic nitrogens is 3. The lowest BCUT2D eigenvalue weighted by Gasteiger charge is -2.08. The molecule has 1 aliphatic rings. The summed E-state index contributed by atoms with van der Waals surface area (Å²) in [5.74, 6) is 0.0564. The Morgan fingerprint density at radius 2 is 2.32 bits per heavy atom. The number of ether oxygens (including phenoxy) is 1. The molecule has 0 radical (unpaired) electrons. The molecule has 3 aromatic rings. The van der Waals surface area contributed by atoms with Gasteiger partial charge in [-0.3, -0.25) is 4.99 Å². The van der Waals surface area contributed by atoms with E-state index in [2.05, 4.69) is 15.0 Å². The number of thioether (sulfide) groups is 1. The third-order valence-electron chi connectivity index (χ3n) is 3.46. The number of nitrogens with one attached hydrogen (secondary N) is 1. The quantitative estimate of drug-likeness (QED) is 0.656. The molecule has 8 heteroatoms. The molecular formula is C14H10FN4O2S+. The number of rotatable bonds is 2. The maximum Gasteiger partial charge on any atom is 0.503 e. The summed E-state index contributed by atoms with van der Waals surface area (Å²) in [5, 5.41) is 0.721. The number of fused-ring (bicyclic) bond motifs is 3. The van der Waals surface area contributed by atoms with Gasteiger partial charge in [-0.25, -0.2) is 9.37 Å². The van der Waals surface area contributed by atoms with Crippen molar-refractivity contribution in [1.82, 2.24) is 9.38 Å². The van der Waals surface area contributed by atoms with E-state index in [0.29, 0.717) is 27.3 Å². The molecule has 0 bridgehead atoms. The average Bonchev–Trinajstić information content (AvgIpc) is 3.13. The molecule has 110 valence electrons. The van der Waals surface area contributed by atoms with Gasteiger partial charge >= 0.3 is 5.69 Å². The van der Waals surface area contributed by atoms with Crippen LogP contribution in [0.5, 0.6) is 5.75 Å². The standard InChI is InChI=1S/C14H9FN4O2S/c1-21-7-2-3-8(9(15)6-7)12-17-10-11-16-4-5-19(11)14(20)18-13(10)22-12/h2-6,12H,1H3/p+1. The van der Waals surface area contributed by atoms with E-state index in [1.807, 2.05) is 0 Å². The molecule has 0 fully saturated rings. The Bertz CT molecular complexity index is 1000. The first-order valence-corrected chi connectivity index (χ1v) is 7.35. The highest BCUT2D eigenvalue weighted by Crippen LogP contribution is 2.38. The molecule has 3 heterocycles. The van der Waals surface area contributed by atoms with Crippen LogP contribution < -0.4 is 20.8 Å². The van der Waals surface area contributed by atoms with E-state index in [4.69, 9.17) is 4.74 Å². The first-order valence-electron chi connectivity index (χ1n) is 6.47. The van der Waals surface area contributed by atoms with Crippen LogP contribution in [0.15, 0.2) is 45.4 Å². The highest BCUT2D eigenvalue weighted by Gasteiger charge is 2.28. The average molecular weight is 317 g/mol. The Morgan fingerprint density at radius 3 is 3.09 bits per heavy atom. The largest absolute Gasteiger partial charge is 0.503 e. The monoisotopic (exact) mass is 317 g/mol. The molecule has 1 unspecified atom stereocenters. The highest BCUT2D eigenvalue weighted by molar-refractivity contribution is 7.99. The number of benzene rings is 1. The Morgan fingerprint density at radius 1 is 1.45 bits per heavy atom. The zero-order chi connectivity index (χ0) is 15.3. The molecule has 22 heavy (non-hydrogen) atoms. The molecule has 6 nitrogen and oxygen atoms in total. The summed E-state index contributed by atoms with van der Waals surface area (Å²) < 4.78 is 20.6. The van der Waals surface area contributed by atoms with Crippen molar-refractivity contribution in [2.24, 2.45) is 4.99 Å². The second kappa shape index (κ2) is 4.77. The van der Waals surface area contributed by atoms with Crippen LogP contribution in [0.3, 0.4) is 0 Å². The summed E-state index contributed by atoms with van der Waals surface area (Å²) in [6.07, 6.45) is 3.10. The van der Waals surface area contributed by atoms with Crippen LogP contribution in [0.4, 0.5) is 4.39 Å². The van der Waals surface area contributed by atoms with Crippen molar-refractivity contribution in [3.8, 4) is 5.75 Å². The summed E-state index contributed by atoms with van der Waals surface area (Å²) in [4.78, 5) is 23.3. The molecule has 0 saturated heterocycles. The fraction of sp³-hybridized carbons (Fsp3) is 0.143. The van der Waals surface area contributed by atoms with Crippen molar-refractivity contribution in [2.75, 3.05) is 7.11 Å². The Labute approximate surface area is 127 Å². The minimum absolute atomic E-state index is 0.287. The number of H-pyrrole nitrogens is 1. The molecule has 0 amide bonds. The number of halogens is 1. The lowest BCUT2D eigenvalue weighted by molar-refractivity contribution is -0.451. The van der Waals surface area contributed by atoms with E-state index in [0.717, 1.165) is 0 Å². The Hall–Kier alpha value is -2.48. The Balaban J connectivity index is 1.86. The summed E-state index contributed by atoms with van der Waals surface area (Å²) in [6.45, 7) is 0. The van der Waals surface area contributed by atoms with E-state index >= 15 is 0 Å². The zero-order valence-electron chi connectivity index (χ0n) is 11.4. The molecule has 1 aliphatic heterocycles. The van der Waals surface area contributed by atoms with Crippen LogP contribution in [0.1, 0.15) is 10.9 Å². The lowest BCUT2D eigenvalue weighted by Crippen LogP contribution is -2.39. The van der Waals surface area contributed by atoms with E-state index < -0.39 is 11.2 Å². The van der Waals surface area contributed by atoms with E-state index in [1.165, 1.54) is 35.5 Å². The molecule has 1 atom stereocenters. The van der Waals surface area contributed by atoms with Gasteiger partial charge in [-0.05, 0) is 23.9 Å². The van der Waals surface area contributed by atoms with Crippen LogP contribution in [0.25, 0.3) is 5.65 Å². The molecular weight excluding hydrogens is 307 g/mol. The second-order valence-electron chi connectivity index (χ2n) is 4.72. The summed E-state index contributed by atoms with van der Waals surface area (Å²) >= 11 is 1.29. The molecule has 1 aromatic carbocycles. The van der Waals surface area contributed by atoms with Gasteiger partial charge in [0.25, 0.3) is 5.65 Å². The number of nitrogens with zero attached hydrogens (tertiary/aromatic N) is 3. The first-order chi connectivity index (χ1) is 10.7. The minimum Gasteiger partial charge on any atom is -0.497 e. The third kappa shape index (κ3) is 1.87. The SMILES string of the molecule is COc1ccc(C2N=c3c([nH+]c(=O)n4ccnc34)S2)c(F)c1. The Kier molecular flexibility index (Phi) is 2.86. The third-order valence-corrected chi connectivity index (χ3v) is 4.57. The number of imidazole rings is 1. The van der Waals surface area contributed by atoms with E-state index in [9.17, 15) is 9.18 Å². The van der Waals surface area contributed by atoms with Gasteiger partial charge in [0.1, 0.15) is 23.1 Å². The zero-order valence-corrected chi connectivity index (χ0v) is 12.2. The van der Waals surface area contributed by atoms with Crippen molar-refractivity contribution in [3.05, 3.63) is 57.8 Å². The molecule has 2 aromatic heterocycles. The van der Waals surface area contributed by atoms with Crippen LogP contribution in [-0.2, 0) is 0 Å². The number of aromatic amines is 1. The van der Waals surface area contributed by atoms with E-state index in [-0.39, 0.29) is 5.69 Å². The predicted octanol–water partition coefficient (Wildman–Crippen LogP) is 0.799. The van der Waals surface area contributed by atoms with Crippen LogP contribution >= 0.6 is 11.8 Å². The van der Waals surface area contributed by atoms with Gasteiger partial charge in [0.2, 0.25) is 0 Å². The van der Waals surface area contributed by atoms with Crippen LogP contribution in [0, 0.1) is 5.82 Å².